The summed E-state index contributed by atoms with van der Waals surface area (Å²) in [6, 6.07) is 7.79. The minimum atomic E-state index is -1.27. The lowest BCUT2D eigenvalue weighted by Gasteiger charge is -2.30. The van der Waals surface area contributed by atoms with Crippen LogP contribution < -0.4 is 0 Å². The molecular weight excluding hydrogens is 227 g/mol. The zero-order chi connectivity index (χ0) is 13.2. The van der Waals surface area contributed by atoms with Gasteiger partial charge in [-0.25, -0.2) is 4.39 Å². The minimum Gasteiger partial charge on any atom is -0.370 e. The summed E-state index contributed by atoms with van der Waals surface area (Å²) in [6.07, 6.45) is 5.13. The van der Waals surface area contributed by atoms with Crippen LogP contribution in [0.25, 0.3) is 0 Å². The van der Waals surface area contributed by atoms with E-state index in [0.29, 0.717) is 6.10 Å². The molecular formula is C16H23FO. The maximum absolute atomic E-state index is 13.8. The first-order valence-electron chi connectivity index (χ1n) is 6.95. The van der Waals surface area contributed by atoms with Crippen molar-refractivity contribution in [1.82, 2.24) is 0 Å². The van der Waals surface area contributed by atoms with E-state index in [4.69, 9.17) is 4.74 Å². The smallest absolute Gasteiger partial charge is 0.130 e. The van der Waals surface area contributed by atoms with Gasteiger partial charge in [-0.2, -0.15) is 0 Å². The minimum absolute atomic E-state index is 0.195. The summed E-state index contributed by atoms with van der Waals surface area (Å²) in [5.41, 5.74) is 0.646. The molecule has 1 aromatic rings. The largest absolute Gasteiger partial charge is 0.370 e. The Kier molecular flexibility index (Phi) is 4.06. The van der Waals surface area contributed by atoms with Gasteiger partial charge < -0.3 is 4.74 Å². The van der Waals surface area contributed by atoms with Crippen LogP contribution in [0.3, 0.4) is 0 Å². The molecule has 2 atom stereocenters. The van der Waals surface area contributed by atoms with Gasteiger partial charge in [0.1, 0.15) is 5.67 Å². The summed E-state index contributed by atoms with van der Waals surface area (Å²) in [7, 11) is 0. The SMILES string of the molecule is CCC1CCCC(c2ccc(C(C)(C)F)cc2)O1. The van der Waals surface area contributed by atoms with Crippen LogP contribution in [0.1, 0.15) is 63.7 Å². The van der Waals surface area contributed by atoms with Crippen LogP contribution in [-0.4, -0.2) is 6.10 Å². The van der Waals surface area contributed by atoms with Crippen LogP contribution in [-0.2, 0) is 10.4 Å². The van der Waals surface area contributed by atoms with Gasteiger partial charge >= 0.3 is 0 Å². The molecule has 1 aromatic carbocycles. The molecule has 0 radical (unpaired) electrons. The van der Waals surface area contributed by atoms with Crippen molar-refractivity contribution in [2.75, 3.05) is 0 Å². The van der Waals surface area contributed by atoms with Crippen LogP contribution in [0.4, 0.5) is 4.39 Å². The van der Waals surface area contributed by atoms with Crippen molar-refractivity contribution in [1.29, 1.82) is 0 Å². The molecule has 2 heteroatoms. The Morgan fingerprint density at radius 2 is 1.89 bits per heavy atom. The quantitative estimate of drug-likeness (QED) is 0.740. The van der Waals surface area contributed by atoms with E-state index < -0.39 is 5.67 Å². The standard InChI is InChI=1S/C16H23FO/c1-4-14-6-5-7-15(18-14)12-8-10-13(11-9-12)16(2,3)17/h8-11,14-15H,4-7H2,1-3H3. The van der Waals surface area contributed by atoms with Crippen molar-refractivity contribution in [2.24, 2.45) is 0 Å². The number of hydrogen-bond acceptors (Lipinski definition) is 1. The number of halogens is 1. The molecule has 0 spiro atoms. The van der Waals surface area contributed by atoms with Gasteiger partial charge in [-0.15, -0.1) is 0 Å². The molecule has 0 aromatic heterocycles. The lowest BCUT2D eigenvalue weighted by molar-refractivity contribution is -0.0526. The fourth-order valence-electron chi connectivity index (χ4n) is 2.54. The van der Waals surface area contributed by atoms with Crippen LogP contribution in [0.15, 0.2) is 24.3 Å². The third-order valence-electron chi connectivity index (χ3n) is 3.77. The van der Waals surface area contributed by atoms with E-state index in [1.165, 1.54) is 18.4 Å². The van der Waals surface area contributed by atoms with Crippen molar-refractivity contribution in [3.63, 3.8) is 0 Å². The summed E-state index contributed by atoms with van der Waals surface area (Å²) in [6.45, 7) is 5.35. The van der Waals surface area contributed by atoms with Crippen molar-refractivity contribution < 1.29 is 9.13 Å². The van der Waals surface area contributed by atoms with Gasteiger partial charge in [0.15, 0.2) is 0 Å². The number of ether oxygens (including phenoxy) is 1. The Morgan fingerprint density at radius 3 is 2.44 bits per heavy atom. The zero-order valence-corrected chi connectivity index (χ0v) is 11.6. The molecule has 0 saturated carbocycles. The fraction of sp³-hybridized carbons (Fsp3) is 0.625. The highest BCUT2D eigenvalue weighted by Gasteiger charge is 2.23. The maximum Gasteiger partial charge on any atom is 0.130 e. The predicted molar refractivity (Wildman–Crippen MR) is 72.3 cm³/mol. The second kappa shape index (κ2) is 5.40. The fourth-order valence-corrected chi connectivity index (χ4v) is 2.54. The monoisotopic (exact) mass is 250 g/mol. The van der Waals surface area contributed by atoms with Crippen LogP contribution >= 0.6 is 0 Å². The lowest BCUT2D eigenvalue weighted by Crippen LogP contribution is -2.21. The summed E-state index contributed by atoms with van der Waals surface area (Å²) in [4.78, 5) is 0. The molecule has 2 unspecified atom stereocenters. The first-order valence-corrected chi connectivity index (χ1v) is 6.95. The highest BCUT2D eigenvalue weighted by molar-refractivity contribution is 5.27. The molecule has 1 aliphatic rings. The van der Waals surface area contributed by atoms with E-state index in [1.807, 2.05) is 24.3 Å². The van der Waals surface area contributed by atoms with Gasteiger partial charge in [0.25, 0.3) is 0 Å². The summed E-state index contributed by atoms with van der Waals surface area (Å²) < 4.78 is 19.8. The van der Waals surface area contributed by atoms with Gasteiger partial charge in [-0.1, -0.05) is 31.2 Å². The Bertz CT molecular complexity index is 377. The molecule has 1 fully saturated rings. The highest BCUT2D eigenvalue weighted by atomic mass is 19.1. The Balaban J connectivity index is 2.09. The molecule has 1 heterocycles. The molecule has 0 bridgehead atoms. The topological polar surface area (TPSA) is 9.23 Å². The molecule has 0 N–H and O–H groups in total. The van der Waals surface area contributed by atoms with Gasteiger partial charge in [-0.3, -0.25) is 0 Å². The second-order valence-corrected chi connectivity index (χ2v) is 5.68. The van der Waals surface area contributed by atoms with Crippen molar-refractivity contribution >= 4 is 0 Å². The van der Waals surface area contributed by atoms with Crippen molar-refractivity contribution in [2.45, 2.75) is 64.3 Å². The molecule has 0 aliphatic carbocycles. The lowest BCUT2D eigenvalue weighted by atomic mass is 9.94. The Morgan fingerprint density at radius 1 is 1.22 bits per heavy atom. The third-order valence-corrected chi connectivity index (χ3v) is 3.77. The molecule has 1 nitrogen and oxygen atoms in total. The summed E-state index contributed by atoms with van der Waals surface area (Å²) in [5.74, 6) is 0. The van der Waals surface area contributed by atoms with Gasteiger partial charge in [-0.05, 0) is 50.7 Å². The normalized spacial score (nSPS) is 25.1. The van der Waals surface area contributed by atoms with Gasteiger partial charge in [0.05, 0.1) is 12.2 Å². The molecule has 0 amide bonds. The van der Waals surface area contributed by atoms with Crippen LogP contribution in [0.2, 0.25) is 0 Å². The van der Waals surface area contributed by atoms with E-state index in [0.717, 1.165) is 18.4 Å². The third kappa shape index (κ3) is 3.11. The first-order chi connectivity index (χ1) is 8.50. The average Bonchev–Trinajstić information content (AvgIpc) is 2.38. The van der Waals surface area contributed by atoms with Crippen molar-refractivity contribution in [3.05, 3.63) is 35.4 Å². The van der Waals surface area contributed by atoms with E-state index >= 15 is 0 Å². The average molecular weight is 250 g/mol. The maximum atomic E-state index is 13.8. The Hall–Kier alpha value is -0.890. The first kappa shape index (κ1) is 13.5. The van der Waals surface area contributed by atoms with E-state index in [1.54, 1.807) is 13.8 Å². The van der Waals surface area contributed by atoms with Crippen molar-refractivity contribution in [3.8, 4) is 0 Å². The number of alkyl halides is 1. The molecule has 18 heavy (non-hydrogen) atoms. The molecule has 2 rings (SSSR count). The number of benzene rings is 1. The zero-order valence-electron chi connectivity index (χ0n) is 11.6. The van der Waals surface area contributed by atoms with Gasteiger partial charge in [0, 0.05) is 0 Å². The van der Waals surface area contributed by atoms with E-state index in [2.05, 4.69) is 6.92 Å². The van der Waals surface area contributed by atoms with E-state index in [-0.39, 0.29) is 6.10 Å². The predicted octanol–water partition coefficient (Wildman–Crippen LogP) is 4.91. The number of rotatable bonds is 3. The summed E-state index contributed by atoms with van der Waals surface area (Å²) >= 11 is 0. The van der Waals surface area contributed by atoms with Crippen LogP contribution in [0.5, 0.6) is 0 Å². The van der Waals surface area contributed by atoms with Crippen LogP contribution in [0, 0.1) is 0 Å². The molecule has 100 valence electrons. The summed E-state index contributed by atoms with van der Waals surface area (Å²) in [5, 5.41) is 0. The molecule has 1 aliphatic heterocycles. The van der Waals surface area contributed by atoms with E-state index in [9.17, 15) is 4.39 Å². The Labute approximate surface area is 109 Å². The second-order valence-electron chi connectivity index (χ2n) is 5.68. The van der Waals surface area contributed by atoms with Gasteiger partial charge in [0.2, 0.25) is 0 Å². The number of hydrogen-bond donors (Lipinski definition) is 0. The highest BCUT2D eigenvalue weighted by Crippen LogP contribution is 2.33. The molecule has 1 saturated heterocycles.